The van der Waals surface area contributed by atoms with Gasteiger partial charge in [0.15, 0.2) is 11.6 Å². The van der Waals surface area contributed by atoms with Gasteiger partial charge in [-0.2, -0.15) is 0 Å². The Hall–Kier alpha value is -2.63. The molecule has 4 rings (SSSR count). The lowest BCUT2D eigenvalue weighted by Gasteiger charge is -2.22. The number of nitrogens with zero attached hydrogens (tertiary/aromatic N) is 1. The summed E-state index contributed by atoms with van der Waals surface area (Å²) < 4.78 is 33.7. The first-order valence-electron chi connectivity index (χ1n) is 8.32. The van der Waals surface area contributed by atoms with Crippen molar-refractivity contribution in [3.05, 3.63) is 59.7 Å². The van der Waals surface area contributed by atoms with E-state index in [-0.39, 0.29) is 18.0 Å². The standard InChI is InChI=1S/C19H18F2N2O2/c20-16-7-15(22-19(24)25-11-12-4-2-1-3-5-12)8-17(21)18(16)23-9-13-6-14(13)10-23/h1-5,7-8,13-14H,6,9-11H2,(H,22,24). The van der Waals surface area contributed by atoms with Gasteiger partial charge in [0.1, 0.15) is 12.3 Å². The van der Waals surface area contributed by atoms with Crippen LogP contribution in [0.15, 0.2) is 42.5 Å². The van der Waals surface area contributed by atoms with Crippen LogP contribution in [-0.2, 0) is 11.3 Å². The molecule has 0 bridgehead atoms. The minimum Gasteiger partial charge on any atom is -0.444 e. The molecule has 1 amide bonds. The summed E-state index contributed by atoms with van der Waals surface area (Å²) in [6.45, 7) is 1.49. The average Bonchev–Trinajstić information content (AvgIpc) is 3.19. The molecule has 1 N–H and O–H groups in total. The van der Waals surface area contributed by atoms with Crippen LogP contribution in [0.2, 0.25) is 0 Å². The molecular weight excluding hydrogens is 326 g/mol. The molecule has 0 aromatic heterocycles. The third-order valence-corrected chi connectivity index (χ3v) is 4.77. The molecule has 130 valence electrons. The number of fused-ring (bicyclic) bond motifs is 1. The van der Waals surface area contributed by atoms with Crippen molar-refractivity contribution in [3.8, 4) is 0 Å². The highest BCUT2D eigenvalue weighted by Crippen LogP contribution is 2.47. The number of ether oxygens (including phenoxy) is 1. The van der Waals surface area contributed by atoms with Crippen molar-refractivity contribution in [1.29, 1.82) is 0 Å². The summed E-state index contributed by atoms with van der Waals surface area (Å²) in [7, 11) is 0. The van der Waals surface area contributed by atoms with Crippen molar-refractivity contribution < 1.29 is 18.3 Å². The molecule has 25 heavy (non-hydrogen) atoms. The zero-order valence-electron chi connectivity index (χ0n) is 13.5. The van der Waals surface area contributed by atoms with E-state index in [9.17, 15) is 13.6 Å². The topological polar surface area (TPSA) is 41.6 Å². The van der Waals surface area contributed by atoms with Crippen LogP contribution in [0, 0.1) is 23.5 Å². The second-order valence-electron chi connectivity index (χ2n) is 6.64. The third-order valence-electron chi connectivity index (χ3n) is 4.77. The fourth-order valence-electron chi connectivity index (χ4n) is 3.40. The van der Waals surface area contributed by atoms with Gasteiger partial charge in [0.05, 0.1) is 0 Å². The molecule has 2 aromatic rings. The normalized spacial score (nSPS) is 21.0. The number of benzene rings is 2. The van der Waals surface area contributed by atoms with Gasteiger partial charge >= 0.3 is 6.09 Å². The monoisotopic (exact) mass is 344 g/mol. The van der Waals surface area contributed by atoms with Gasteiger partial charge in [-0.15, -0.1) is 0 Å². The van der Waals surface area contributed by atoms with Crippen molar-refractivity contribution in [3.63, 3.8) is 0 Å². The maximum absolute atomic E-state index is 14.3. The van der Waals surface area contributed by atoms with Gasteiger partial charge in [0.25, 0.3) is 0 Å². The molecule has 1 saturated carbocycles. The number of carbonyl (C=O) groups excluding carboxylic acids is 1. The Bertz CT molecular complexity index is 764. The molecule has 6 heteroatoms. The van der Waals surface area contributed by atoms with Gasteiger partial charge in [0, 0.05) is 18.8 Å². The molecular formula is C19H18F2N2O2. The van der Waals surface area contributed by atoms with Gasteiger partial charge in [0.2, 0.25) is 0 Å². The number of piperidine rings is 1. The van der Waals surface area contributed by atoms with E-state index in [1.807, 2.05) is 30.3 Å². The molecule has 2 aliphatic rings. The summed E-state index contributed by atoms with van der Waals surface area (Å²) in [5.41, 5.74) is 0.870. The average molecular weight is 344 g/mol. The van der Waals surface area contributed by atoms with Crippen LogP contribution in [0.3, 0.4) is 0 Å². The Morgan fingerprint density at radius 2 is 1.76 bits per heavy atom. The molecule has 2 atom stereocenters. The number of nitrogens with one attached hydrogen (secondary N) is 1. The molecule has 2 aromatic carbocycles. The van der Waals surface area contributed by atoms with Gasteiger partial charge < -0.3 is 9.64 Å². The number of amides is 1. The third kappa shape index (κ3) is 3.43. The summed E-state index contributed by atoms with van der Waals surface area (Å²) >= 11 is 0. The van der Waals surface area contributed by atoms with Crippen molar-refractivity contribution in [1.82, 2.24) is 0 Å². The smallest absolute Gasteiger partial charge is 0.411 e. The minimum absolute atomic E-state index is 0.00426. The lowest BCUT2D eigenvalue weighted by molar-refractivity contribution is 0.155. The Morgan fingerprint density at radius 1 is 1.12 bits per heavy atom. The van der Waals surface area contributed by atoms with E-state index < -0.39 is 17.7 Å². The number of hydrogen-bond acceptors (Lipinski definition) is 3. The van der Waals surface area contributed by atoms with E-state index in [4.69, 9.17) is 4.74 Å². The largest absolute Gasteiger partial charge is 0.444 e. The van der Waals surface area contributed by atoms with Crippen molar-refractivity contribution >= 4 is 17.5 Å². The number of halogens is 2. The van der Waals surface area contributed by atoms with E-state index in [1.54, 1.807) is 4.90 Å². The summed E-state index contributed by atoms with van der Waals surface area (Å²) in [6, 6.07) is 11.4. The molecule has 1 aliphatic carbocycles. The SMILES string of the molecule is O=C(Nc1cc(F)c(N2CC3CC3C2)c(F)c1)OCc1ccccc1. The van der Waals surface area contributed by atoms with Crippen LogP contribution in [0.5, 0.6) is 0 Å². The molecule has 0 spiro atoms. The van der Waals surface area contributed by atoms with Crippen molar-refractivity contribution in [2.45, 2.75) is 13.0 Å². The van der Waals surface area contributed by atoms with Crippen LogP contribution in [0.4, 0.5) is 25.0 Å². The zero-order valence-corrected chi connectivity index (χ0v) is 13.5. The van der Waals surface area contributed by atoms with E-state index >= 15 is 0 Å². The van der Waals surface area contributed by atoms with Crippen LogP contribution in [-0.4, -0.2) is 19.2 Å². The first kappa shape index (κ1) is 15.9. The maximum Gasteiger partial charge on any atom is 0.411 e. The predicted molar refractivity (Wildman–Crippen MR) is 90.4 cm³/mol. The number of carbonyl (C=O) groups is 1. The van der Waals surface area contributed by atoms with E-state index in [1.165, 1.54) is 0 Å². The number of anilines is 2. The van der Waals surface area contributed by atoms with Crippen LogP contribution in [0.25, 0.3) is 0 Å². The van der Waals surface area contributed by atoms with Crippen LogP contribution in [0.1, 0.15) is 12.0 Å². The van der Waals surface area contributed by atoms with Gasteiger partial charge in [-0.25, -0.2) is 13.6 Å². The van der Waals surface area contributed by atoms with E-state index in [0.29, 0.717) is 24.9 Å². The van der Waals surface area contributed by atoms with Crippen molar-refractivity contribution in [2.24, 2.45) is 11.8 Å². The Labute approximate surface area is 144 Å². The predicted octanol–water partition coefficient (Wildman–Crippen LogP) is 4.17. The molecule has 0 radical (unpaired) electrons. The van der Waals surface area contributed by atoms with Crippen molar-refractivity contribution in [2.75, 3.05) is 23.3 Å². The van der Waals surface area contributed by atoms with E-state index in [2.05, 4.69) is 5.32 Å². The summed E-state index contributed by atoms with van der Waals surface area (Å²) in [4.78, 5) is 13.6. The molecule has 1 aliphatic heterocycles. The Morgan fingerprint density at radius 3 is 2.40 bits per heavy atom. The Balaban J connectivity index is 1.39. The van der Waals surface area contributed by atoms with Gasteiger partial charge in [-0.1, -0.05) is 30.3 Å². The second kappa shape index (κ2) is 6.35. The summed E-state index contributed by atoms with van der Waals surface area (Å²) in [5.74, 6) is -0.187. The zero-order chi connectivity index (χ0) is 17.4. The molecule has 4 nitrogen and oxygen atoms in total. The maximum atomic E-state index is 14.3. The lowest BCUT2D eigenvalue weighted by Crippen LogP contribution is -2.24. The molecule has 2 unspecified atom stereocenters. The molecule has 1 saturated heterocycles. The minimum atomic E-state index is -0.752. The second-order valence-corrected chi connectivity index (χ2v) is 6.64. The lowest BCUT2D eigenvalue weighted by atomic mass is 10.2. The highest BCUT2D eigenvalue weighted by atomic mass is 19.1. The quantitative estimate of drug-likeness (QED) is 0.905. The summed E-state index contributed by atoms with van der Waals surface area (Å²) in [5, 5.41) is 2.37. The molecule has 1 heterocycles. The highest BCUT2D eigenvalue weighted by Gasteiger charge is 2.46. The first-order valence-corrected chi connectivity index (χ1v) is 8.32. The fraction of sp³-hybridized carbons (Fsp3) is 0.316. The van der Waals surface area contributed by atoms with Gasteiger partial charge in [-0.3, -0.25) is 5.32 Å². The highest BCUT2D eigenvalue weighted by molar-refractivity contribution is 5.85. The number of hydrogen-bond donors (Lipinski definition) is 1. The van der Waals surface area contributed by atoms with Crippen LogP contribution >= 0.6 is 0 Å². The van der Waals surface area contributed by atoms with E-state index in [0.717, 1.165) is 24.1 Å². The first-order chi connectivity index (χ1) is 12.1. The van der Waals surface area contributed by atoms with Crippen LogP contribution < -0.4 is 10.2 Å². The number of rotatable bonds is 4. The van der Waals surface area contributed by atoms with Gasteiger partial charge in [-0.05, 0) is 36.0 Å². The Kier molecular flexibility index (Phi) is 4.03. The summed E-state index contributed by atoms with van der Waals surface area (Å²) in [6.07, 6.45) is 0.407. The fourth-order valence-corrected chi connectivity index (χ4v) is 3.40. The molecule has 2 fully saturated rings.